The summed E-state index contributed by atoms with van der Waals surface area (Å²) in [5.74, 6) is 0.579. The number of aryl methyl sites for hydroxylation is 1. The van der Waals surface area contributed by atoms with E-state index in [2.05, 4.69) is 30.0 Å². The summed E-state index contributed by atoms with van der Waals surface area (Å²) in [7, 11) is 1.87. The number of nitrogens with zero attached hydrogens (tertiary/aromatic N) is 9. The molecule has 5 aromatic rings. The molecule has 200 valence electrons. The molecule has 0 unspecified atom stereocenters. The summed E-state index contributed by atoms with van der Waals surface area (Å²) in [6.07, 6.45) is 6.42. The Morgan fingerprint density at radius 1 is 0.846 bits per heavy atom. The molecule has 1 aliphatic rings. The van der Waals surface area contributed by atoms with Gasteiger partial charge in [0.25, 0.3) is 6.43 Å². The second kappa shape index (κ2) is 9.66. The third-order valence-corrected chi connectivity index (χ3v) is 6.96. The molecular formula is C26H24F3N9O. The molecule has 1 N–H and O–H groups in total. The van der Waals surface area contributed by atoms with Crippen molar-refractivity contribution in [3.05, 3.63) is 84.6 Å². The zero-order chi connectivity index (χ0) is 27.1. The van der Waals surface area contributed by atoms with Crippen LogP contribution in [-0.4, -0.2) is 72.1 Å². The van der Waals surface area contributed by atoms with Gasteiger partial charge in [-0.1, -0.05) is 12.1 Å². The maximum absolute atomic E-state index is 14.0. The SMILES string of the molecule is Cn1cc(-c2cc3c(N4CCN(c5ncc([C@@](O)(c6ccc(F)cc6)C(F)F)cn5)CC4)ncnn3c2)cn1. The molecule has 0 aliphatic carbocycles. The number of benzene rings is 1. The Morgan fingerprint density at radius 2 is 1.54 bits per heavy atom. The zero-order valence-corrected chi connectivity index (χ0v) is 20.9. The minimum absolute atomic E-state index is 0.142. The fourth-order valence-electron chi connectivity index (χ4n) is 4.81. The van der Waals surface area contributed by atoms with Crippen molar-refractivity contribution in [3.63, 3.8) is 0 Å². The lowest BCUT2D eigenvalue weighted by molar-refractivity contribution is -0.0722. The lowest BCUT2D eigenvalue weighted by Gasteiger charge is -2.35. The van der Waals surface area contributed by atoms with Crippen molar-refractivity contribution in [1.29, 1.82) is 0 Å². The second-order valence-electron chi connectivity index (χ2n) is 9.36. The fraction of sp³-hybridized carbons (Fsp3) is 0.269. The third-order valence-electron chi connectivity index (χ3n) is 6.96. The first-order chi connectivity index (χ1) is 18.8. The van der Waals surface area contributed by atoms with E-state index in [1.165, 1.54) is 18.7 Å². The van der Waals surface area contributed by atoms with E-state index < -0.39 is 17.8 Å². The molecule has 1 aromatic carbocycles. The van der Waals surface area contributed by atoms with Gasteiger partial charge in [-0.05, 0) is 23.8 Å². The van der Waals surface area contributed by atoms with Crippen LogP contribution >= 0.6 is 0 Å². The fourth-order valence-corrected chi connectivity index (χ4v) is 4.81. The van der Waals surface area contributed by atoms with Gasteiger partial charge in [0, 0.05) is 74.7 Å². The van der Waals surface area contributed by atoms with E-state index in [1.807, 2.05) is 30.4 Å². The average molecular weight is 536 g/mol. The molecule has 0 radical (unpaired) electrons. The van der Waals surface area contributed by atoms with Crippen LogP contribution in [-0.2, 0) is 12.6 Å². The van der Waals surface area contributed by atoms with E-state index in [9.17, 15) is 18.3 Å². The first-order valence-corrected chi connectivity index (χ1v) is 12.2. The molecule has 1 aliphatic heterocycles. The first-order valence-electron chi connectivity index (χ1n) is 12.2. The van der Waals surface area contributed by atoms with Gasteiger partial charge < -0.3 is 14.9 Å². The van der Waals surface area contributed by atoms with Crippen molar-refractivity contribution in [2.24, 2.45) is 7.05 Å². The predicted molar refractivity (Wildman–Crippen MR) is 137 cm³/mol. The van der Waals surface area contributed by atoms with Crippen LogP contribution in [0.4, 0.5) is 24.9 Å². The number of fused-ring (bicyclic) bond motifs is 1. The van der Waals surface area contributed by atoms with Gasteiger partial charge in [-0.15, -0.1) is 0 Å². The van der Waals surface area contributed by atoms with E-state index >= 15 is 0 Å². The van der Waals surface area contributed by atoms with E-state index in [1.54, 1.807) is 15.4 Å². The molecule has 13 heteroatoms. The summed E-state index contributed by atoms with van der Waals surface area (Å²) in [4.78, 5) is 17.2. The molecule has 0 bridgehead atoms. The molecule has 0 saturated carbocycles. The Balaban J connectivity index is 1.18. The molecule has 39 heavy (non-hydrogen) atoms. The number of aliphatic hydroxyl groups is 1. The topological polar surface area (TPSA) is 100 Å². The highest BCUT2D eigenvalue weighted by Gasteiger charge is 2.42. The smallest absolute Gasteiger partial charge is 0.275 e. The van der Waals surface area contributed by atoms with Gasteiger partial charge in [0.1, 0.15) is 17.7 Å². The van der Waals surface area contributed by atoms with Crippen molar-refractivity contribution in [3.8, 4) is 11.1 Å². The molecule has 1 atom stereocenters. The summed E-state index contributed by atoms with van der Waals surface area (Å²) in [5.41, 5.74) is -0.129. The van der Waals surface area contributed by atoms with E-state index in [-0.39, 0.29) is 11.1 Å². The van der Waals surface area contributed by atoms with E-state index in [0.717, 1.165) is 46.7 Å². The van der Waals surface area contributed by atoms with Crippen LogP contribution in [0.1, 0.15) is 11.1 Å². The average Bonchev–Trinajstić information content (AvgIpc) is 3.59. The number of aromatic nitrogens is 7. The van der Waals surface area contributed by atoms with Crippen molar-refractivity contribution in [2.45, 2.75) is 12.0 Å². The summed E-state index contributed by atoms with van der Waals surface area (Å²) in [6, 6.07) is 6.34. The van der Waals surface area contributed by atoms with Crippen molar-refractivity contribution < 1.29 is 18.3 Å². The first kappa shape index (κ1) is 24.8. The lowest BCUT2D eigenvalue weighted by atomic mass is 9.88. The van der Waals surface area contributed by atoms with Crippen LogP contribution in [0, 0.1) is 5.82 Å². The van der Waals surface area contributed by atoms with Crippen LogP contribution in [0.25, 0.3) is 16.6 Å². The monoisotopic (exact) mass is 535 g/mol. The van der Waals surface area contributed by atoms with E-state index in [0.29, 0.717) is 32.1 Å². The van der Waals surface area contributed by atoms with Crippen LogP contribution in [0.15, 0.2) is 67.6 Å². The Bertz CT molecular complexity index is 1600. The summed E-state index contributed by atoms with van der Waals surface area (Å²) >= 11 is 0. The number of hydrogen-bond acceptors (Lipinski definition) is 8. The minimum Gasteiger partial charge on any atom is -0.375 e. The molecule has 10 nitrogen and oxygen atoms in total. The second-order valence-corrected chi connectivity index (χ2v) is 9.36. The maximum Gasteiger partial charge on any atom is 0.275 e. The minimum atomic E-state index is -3.17. The molecular weight excluding hydrogens is 511 g/mol. The molecule has 1 fully saturated rings. The van der Waals surface area contributed by atoms with Crippen molar-refractivity contribution in [1.82, 2.24) is 34.3 Å². The molecule has 0 amide bonds. The summed E-state index contributed by atoms with van der Waals surface area (Å²) in [6.45, 7) is 2.40. The lowest BCUT2D eigenvalue weighted by Crippen LogP contribution is -2.47. The molecule has 1 saturated heterocycles. The number of hydrogen-bond donors (Lipinski definition) is 1. The number of rotatable bonds is 6. The van der Waals surface area contributed by atoms with Gasteiger partial charge in [-0.25, -0.2) is 32.6 Å². The number of alkyl halides is 2. The van der Waals surface area contributed by atoms with Crippen molar-refractivity contribution >= 4 is 17.3 Å². The number of piperazine rings is 1. The van der Waals surface area contributed by atoms with Crippen LogP contribution in [0.5, 0.6) is 0 Å². The predicted octanol–water partition coefficient (Wildman–Crippen LogP) is 2.89. The molecule has 6 rings (SSSR count). The molecule has 0 spiro atoms. The van der Waals surface area contributed by atoms with Gasteiger partial charge in [-0.3, -0.25) is 4.68 Å². The van der Waals surface area contributed by atoms with Crippen LogP contribution in [0.2, 0.25) is 0 Å². The Hall–Kier alpha value is -4.52. The Morgan fingerprint density at radius 3 is 2.18 bits per heavy atom. The van der Waals surface area contributed by atoms with Gasteiger partial charge in [0.2, 0.25) is 5.95 Å². The van der Waals surface area contributed by atoms with Gasteiger partial charge in [0.05, 0.1) is 6.20 Å². The maximum atomic E-state index is 14.0. The highest BCUT2D eigenvalue weighted by atomic mass is 19.3. The normalized spacial score (nSPS) is 15.7. The van der Waals surface area contributed by atoms with Crippen LogP contribution < -0.4 is 9.80 Å². The standard InChI is InChI=1S/C26H24F3N9O/c1-35-14-18(11-33-35)17-10-22-23(32-16-34-38(22)15-17)36-6-8-37(9-7-36)25-30-12-20(13-31-25)26(39,24(28)29)19-2-4-21(27)5-3-19/h2-5,10-16,24,39H,6-9H2,1H3/t26-/m0/s1. The summed E-state index contributed by atoms with van der Waals surface area (Å²) < 4.78 is 44.8. The highest BCUT2D eigenvalue weighted by Crippen LogP contribution is 2.35. The van der Waals surface area contributed by atoms with Gasteiger partial charge in [0.15, 0.2) is 11.4 Å². The zero-order valence-electron chi connectivity index (χ0n) is 20.9. The van der Waals surface area contributed by atoms with Gasteiger partial charge in [-0.2, -0.15) is 10.2 Å². The van der Waals surface area contributed by atoms with Gasteiger partial charge >= 0.3 is 0 Å². The van der Waals surface area contributed by atoms with Crippen molar-refractivity contribution in [2.75, 3.05) is 36.0 Å². The molecule has 5 heterocycles. The largest absolute Gasteiger partial charge is 0.375 e. The number of halogens is 3. The quantitative estimate of drug-likeness (QED) is 0.354. The number of anilines is 2. The third kappa shape index (κ3) is 4.44. The summed E-state index contributed by atoms with van der Waals surface area (Å²) in [5, 5.41) is 19.4. The van der Waals surface area contributed by atoms with Crippen LogP contribution in [0.3, 0.4) is 0 Å². The molecule has 4 aromatic heterocycles. The Kier molecular flexibility index (Phi) is 6.14. The highest BCUT2D eigenvalue weighted by molar-refractivity contribution is 5.77. The Labute approximate surface area is 221 Å². The van der Waals surface area contributed by atoms with E-state index in [4.69, 9.17) is 0 Å².